The first-order chi connectivity index (χ1) is 17.7. The van der Waals surface area contributed by atoms with Gasteiger partial charge in [0.15, 0.2) is 0 Å². The number of aromatic carboxylic acids is 1. The molecule has 1 aliphatic heterocycles. The number of carboxylic acids is 1. The first-order valence-electron chi connectivity index (χ1n) is 14.1. The fourth-order valence-electron chi connectivity index (χ4n) is 7.10. The number of anilines is 1. The molecule has 0 bridgehead atoms. The van der Waals surface area contributed by atoms with E-state index >= 15 is 0 Å². The highest BCUT2D eigenvalue weighted by Crippen LogP contribution is 2.45. The Labute approximate surface area is 224 Å². The lowest BCUT2D eigenvalue weighted by Gasteiger charge is -2.45. The normalized spacial score (nSPS) is 30.5. The molecule has 0 radical (unpaired) electrons. The second kappa shape index (κ2) is 10.4. The third-order valence-corrected chi connectivity index (χ3v) is 10.7. The Bertz CT molecular complexity index is 1080. The SMILES string of the molecule is CN1C[C@]2(CC[C@@H](N(c3cc(C4=CCCCC4)sc3C(=O)O)C(=O)[C@H]3CC[C@H](C)CC3)CC2)N(C)C1=O. The van der Waals surface area contributed by atoms with Crippen molar-refractivity contribution in [2.24, 2.45) is 11.8 Å². The van der Waals surface area contributed by atoms with Crippen molar-refractivity contribution < 1.29 is 19.5 Å². The summed E-state index contributed by atoms with van der Waals surface area (Å²) in [7, 11) is 3.75. The zero-order valence-corrected chi connectivity index (χ0v) is 23.3. The van der Waals surface area contributed by atoms with Crippen molar-refractivity contribution in [2.45, 2.75) is 95.6 Å². The Balaban J connectivity index is 1.47. The Kier molecular flexibility index (Phi) is 7.40. The van der Waals surface area contributed by atoms with Gasteiger partial charge in [-0.15, -0.1) is 11.3 Å². The van der Waals surface area contributed by atoms with Gasteiger partial charge in [0, 0.05) is 37.5 Å². The average molecular weight is 528 g/mol. The number of hydrogen-bond donors (Lipinski definition) is 1. The second-order valence-corrected chi connectivity index (χ2v) is 13.0. The minimum atomic E-state index is -0.951. The smallest absolute Gasteiger partial charge is 0.348 e. The number of urea groups is 1. The molecule has 0 aromatic carbocycles. The Hall–Kier alpha value is -2.35. The van der Waals surface area contributed by atoms with Crippen molar-refractivity contribution in [3.8, 4) is 0 Å². The largest absolute Gasteiger partial charge is 0.477 e. The number of carbonyl (C=O) groups is 3. The molecule has 1 aromatic heterocycles. The summed E-state index contributed by atoms with van der Waals surface area (Å²) in [5, 5.41) is 10.2. The number of rotatable bonds is 5. The Morgan fingerprint density at radius 3 is 2.35 bits per heavy atom. The summed E-state index contributed by atoms with van der Waals surface area (Å²) in [6, 6.07) is 2.00. The van der Waals surface area contributed by atoms with Gasteiger partial charge in [0.2, 0.25) is 5.91 Å². The number of allylic oxidation sites excluding steroid dienone is 2. The van der Waals surface area contributed by atoms with E-state index in [1.807, 2.05) is 30.0 Å². The van der Waals surface area contributed by atoms with Gasteiger partial charge in [0.25, 0.3) is 0 Å². The van der Waals surface area contributed by atoms with Crippen LogP contribution in [-0.4, -0.2) is 65.0 Å². The van der Waals surface area contributed by atoms with E-state index in [4.69, 9.17) is 0 Å². The molecule has 0 unspecified atom stereocenters. The number of carboxylic acid groups (broad SMARTS) is 1. The first-order valence-corrected chi connectivity index (χ1v) is 14.9. The van der Waals surface area contributed by atoms with E-state index in [-0.39, 0.29) is 34.3 Å². The summed E-state index contributed by atoms with van der Waals surface area (Å²) in [5.41, 5.74) is 1.62. The van der Waals surface area contributed by atoms with Crippen molar-refractivity contribution in [1.82, 2.24) is 9.80 Å². The van der Waals surface area contributed by atoms with Crippen LogP contribution in [0.3, 0.4) is 0 Å². The van der Waals surface area contributed by atoms with Crippen LogP contribution in [-0.2, 0) is 4.79 Å². The zero-order chi connectivity index (χ0) is 26.3. The van der Waals surface area contributed by atoms with Gasteiger partial charge in [0.05, 0.1) is 11.2 Å². The summed E-state index contributed by atoms with van der Waals surface area (Å²) in [6.07, 6.45) is 13.6. The number of carbonyl (C=O) groups excluding carboxylic acids is 2. The molecule has 1 aromatic rings. The van der Waals surface area contributed by atoms with E-state index in [9.17, 15) is 19.5 Å². The first kappa shape index (κ1) is 26.3. The van der Waals surface area contributed by atoms with Crippen LogP contribution in [0.25, 0.3) is 5.57 Å². The number of amides is 3. The van der Waals surface area contributed by atoms with E-state index in [0.29, 0.717) is 18.2 Å². The molecule has 4 aliphatic rings. The standard InChI is InChI=1S/C29H41N3O4S/c1-19-9-11-21(12-10-19)26(33)32(22-13-15-29(16-14-22)18-30(2)28(36)31(29)3)23-17-24(37-25(23)27(34)35)20-7-5-4-6-8-20/h7,17,19,21-22H,4-6,8-16,18H2,1-3H3,(H,34,35)/t19-,21-,22-,29-. The maximum absolute atomic E-state index is 14.2. The highest BCUT2D eigenvalue weighted by Gasteiger charge is 2.49. The quantitative estimate of drug-likeness (QED) is 0.491. The van der Waals surface area contributed by atoms with Gasteiger partial charge in [-0.05, 0) is 94.6 Å². The molecule has 1 N–H and O–H groups in total. The van der Waals surface area contributed by atoms with Gasteiger partial charge in [-0.1, -0.05) is 13.0 Å². The minimum absolute atomic E-state index is 0.0483. The molecule has 3 amide bonds. The van der Waals surface area contributed by atoms with Gasteiger partial charge in [-0.3, -0.25) is 4.79 Å². The summed E-state index contributed by atoms with van der Waals surface area (Å²) >= 11 is 1.33. The zero-order valence-electron chi connectivity index (χ0n) is 22.5. The van der Waals surface area contributed by atoms with Crippen LogP contribution in [0.4, 0.5) is 10.5 Å². The van der Waals surface area contributed by atoms with Crippen LogP contribution in [0, 0.1) is 11.8 Å². The third kappa shape index (κ3) is 4.93. The molecule has 0 atom stereocenters. The van der Waals surface area contributed by atoms with Gasteiger partial charge in [-0.2, -0.15) is 0 Å². The molecule has 2 heterocycles. The van der Waals surface area contributed by atoms with Crippen molar-refractivity contribution in [3.63, 3.8) is 0 Å². The van der Waals surface area contributed by atoms with Crippen LogP contribution in [0.15, 0.2) is 12.1 Å². The van der Waals surface area contributed by atoms with E-state index in [0.717, 1.165) is 75.5 Å². The predicted molar refractivity (Wildman–Crippen MR) is 147 cm³/mol. The number of hydrogen-bond acceptors (Lipinski definition) is 4. The third-order valence-electron chi connectivity index (χ3n) is 9.48. The van der Waals surface area contributed by atoms with E-state index in [1.165, 1.54) is 23.3 Å². The number of thiophene rings is 1. The lowest BCUT2D eigenvalue weighted by Crippen LogP contribution is -2.53. The van der Waals surface area contributed by atoms with Gasteiger partial charge >= 0.3 is 12.0 Å². The molecule has 3 fully saturated rings. The van der Waals surface area contributed by atoms with Crippen LogP contribution < -0.4 is 4.90 Å². The molecule has 1 spiro atoms. The van der Waals surface area contributed by atoms with Crippen LogP contribution >= 0.6 is 11.3 Å². The van der Waals surface area contributed by atoms with Crippen LogP contribution in [0.5, 0.6) is 0 Å². The highest BCUT2D eigenvalue weighted by atomic mass is 32.1. The Morgan fingerprint density at radius 1 is 1.08 bits per heavy atom. The maximum Gasteiger partial charge on any atom is 0.348 e. The van der Waals surface area contributed by atoms with Crippen LogP contribution in [0.2, 0.25) is 0 Å². The minimum Gasteiger partial charge on any atom is -0.477 e. The van der Waals surface area contributed by atoms with E-state index < -0.39 is 5.97 Å². The molecule has 5 rings (SSSR count). The summed E-state index contributed by atoms with van der Waals surface area (Å²) in [4.78, 5) is 46.1. The molecule has 2 saturated carbocycles. The summed E-state index contributed by atoms with van der Waals surface area (Å²) in [6.45, 7) is 2.96. The number of nitrogens with zero attached hydrogens (tertiary/aromatic N) is 3. The predicted octanol–water partition coefficient (Wildman–Crippen LogP) is 6.24. The summed E-state index contributed by atoms with van der Waals surface area (Å²) < 4.78 is 0. The van der Waals surface area contributed by atoms with Crippen molar-refractivity contribution >= 4 is 40.5 Å². The second-order valence-electron chi connectivity index (χ2n) is 11.9. The van der Waals surface area contributed by atoms with Crippen molar-refractivity contribution in [2.75, 3.05) is 25.5 Å². The van der Waals surface area contributed by atoms with E-state index in [1.54, 1.807) is 4.90 Å². The molecule has 37 heavy (non-hydrogen) atoms. The average Bonchev–Trinajstić information content (AvgIpc) is 3.42. The van der Waals surface area contributed by atoms with Gasteiger partial charge in [-0.25, -0.2) is 9.59 Å². The Morgan fingerprint density at radius 2 is 1.78 bits per heavy atom. The van der Waals surface area contributed by atoms with E-state index in [2.05, 4.69) is 13.0 Å². The lowest BCUT2D eigenvalue weighted by molar-refractivity contribution is -0.124. The topological polar surface area (TPSA) is 81.2 Å². The fraction of sp³-hybridized carbons (Fsp3) is 0.690. The molecule has 202 valence electrons. The van der Waals surface area contributed by atoms with Crippen LogP contribution in [0.1, 0.15) is 98.5 Å². The van der Waals surface area contributed by atoms with Gasteiger partial charge < -0.3 is 19.8 Å². The molecule has 8 heteroatoms. The molecular weight excluding hydrogens is 486 g/mol. The van der Waals surface area contributed by atoms with Crippen molar-refractivity contribution in [3.05, 3.63) is 21.9 Å². The molecule has 7 nitrogen and oxygen atoms in total. The highest BCUT2D eigenvalue weighted by molar-refractivity contribution is 7.15. The fourth-order valence-corrected chi connectivity index (χ4v) is 8.15. The van der Waals surface area contributed by atoms with Gasteiger partial charge in [0.1, 0.15) is 4.88 Å². The van der Waals surface area contributed by atoms with Crippen molar-refractivity contribution in [1.29, 1.82) is 0 Å². The maximum atomic E-state index is 14.2. The monoisotopic (exact) mass is 527 g/mol. The molecule has 3 aliphatic carbocycles. The summed E-state index contributed by atoms with van der Waals surface area (Å²) in [5.74, 6) is -0.258. The lowest BCUT2D eigenvalue weighted by atomic mass is 9.77. The number of likely N-dealkylation sites (N-methyl/N-ethyl adjacent to an activating group) is 2. The molecule has 1 saturated heterocycles. The molecular formula is C29H41N3O4S.